The highest BCUT2D eigenvalue weighted by Gasteiger charge is 2.16. The number of anilines is 2. The fourth-order valence-electron chi connectivity index (χ4n) is 1.96. The molecule has 0 aliphatic rings. The van der Waals surface area contributed by atoms with Gasteiger partial charge >= 0.3 is 0 Å². The standard InChI is InChI=1S/C13H21N3O/c1-4-9(3)16(5-2)11-8-6-7-10(12(11)14)13(15)17/h6-9H,4-5,14H2,1-3H3,(H2,15,17). The molecule has 0 aromatic heterocycles. The van der Waals surface area contributed by atoms with Crippen LogP contribution in [0.2, 0.25) is 0 Å². The lowest BCUT2D eigenvalue weighted by Crippen LogP contribution is -2.33. The number of carbonyl (C=O) groups is 1. The van der Waals surface area contributed by atoms with E-state index in [1.54, 1.807) is 6.07 Å². The average Bonchev–Trinajstić information content (AvgIpc) is 2.31. The van der Waals surface area contributed by atoms with Gasteiger partial charge in [0.15, 0.2) is 0 Å². The average molecular weight is 235 g/mol. The monoisotopic (exact) mass is 235 g/mol. The molecule has 0 bridgehead atoms. The van der Waals surface area contributed by atoms with Crippen molar-refractivity contribution in [3.05, 3.63) is 23.8 Å². The number of primary amides is 1. The first-order valence-corrected chi connectivity index (χ1v) is 5.97. The van der Waals surface area contributed by atoms with Crippen LogP contribution in [0.5, 0.6) is 0 Å². The lowest BCUT2D eigenvalue weighted by molar-refractivity contribution is 0.100. The summed E-state index contributed by atoms with van der Waals surface area (Å²) in [4.78, 5) is 13.4. The van der Waals surface area contributed by atoms with E-state index in [1.807, 2.05) is 12.1 Å². The van der Waals surface area contributed by atoms with E-state index < -0.39 is 5.91 Å². The SMILES string of the molecule is CCC(C)N(CC)c1cccc(C(N)=O)c1N. The summed E-state index contributed by atoms with van der Waals surface area (Å²) in [5.41, 5.74) is 13.1. The summed E-state index contributed by atoms with van der Waals surface area (Å²) in [6.45, 7) is 7.19. The van der Waals surface area contributed by atoms with Crippen molar-refractivity contribution < 1.29 is 4.79 Å². The van der Waals surface area contributed by atoms with E-state index in [1.165, 1.54) is 0 Å². The molecule has 4 N–H and O–H groups in total. The second-order valence-corrected chi connectivity index (χ2v) is 4.15. The van der Waals surface area contributed by atoms with Crippen LogP contribution < -0.4 is 16.4 Å². The molecule has 1 unspecified atom stereocenters. The Morgan fingerprint density at radius 1 is 1.41 bits per heavy atom. The van der Waals surface area contributed by atoms with Crippen LogP contribution in [0.25, 0.3) is 0 Å². The highest BCUT2D eigenvalue weighted by atomic mass is 16.1. The molecule has 4 heteroatoms. The number of rotatable bonds is 5. The van der Waals surface area contributed by atoms with Gasteiger partial charge in [-0.2, -0.15) is 0 Å². The van der Waals surface area contributed by atoms with E-state index in [9.17, 15) is 4.79 Å². The molecule has 1 amide bonds. The van der Waals surface area contributed by atoms with Gasteiger partial charge in [-0.3, -0.25) is 4.79 Å². The number of hydrogen-bond donors (Lipinski definition) is 2. The summed E-state index contributed by atoms with van der Waals surface area (Å²) >= 11 is 0. The quantitative estimate of drug-likeness (QED) is 0.767. The lowest BCUT2D eigenvalue weighted by atomic mass is 10.1. The summed E-state index contributed by atoms with van der Waals surface area (Å²) < 4.78 is 0. The normalized spacial score (nSPS) is 12.2. The molecular weight excluding hydrogens is 214 g/mol. The maximum absolute atomic E-state index is 11.2. The molecule has 0 heterocycles. The molecular formula is C13H21N3O. The predicted molar refractivity (Wildman–Crippen MR) is 72.1 cm³/mol. The number of nitrogen functional groups attached to an aromatic ring is 1. The highest BCUT2D eigenvalue weighted by Crippen LogP contribution is 2.28. The number of amides is 1. The third-order valence-corrected chi connectivity index (χ3v) is 3.12. The minimum atomic E-state index is -0.482. The Labute approximate surface area is 103 Å². The minimum Gasteiger partial charge on any atom is -0.396 e. The second-order valence-electron chi connectivity index (χ2n) is 4.15. The van der Waals surface area contributed by atoms with Gasteiger partial charge in [0.05, 0.1) is 16.9 Å². The van der Waals surface area contributed by atoms with Gasteiger partial charge in [-0.1, -0.05) is 13.0 Å². The maximum Gasteiger partial charge on any atom is 0.250 e. The molecule has 17 heavy (non-hydrogen) atoms. The van der Waals surface area contributed by atoms with Crippen LogP contribution in [0.1, 0.15) is 37.6 Å². The van der Waals surface area contributed by atoms with Crippen molar-refractivity contribution in [2.45, 2.75) is 33.2 Å². The van der Waals surface area contributed by atoms with E-state index in [2.05, 4.69) is 25.7 Å². The molecule has 0 radical (unpaired) electrons. The molecule has 0 aliphatic carbocycles. The zero-order chi connectivity index (χ0) is 13.0. The first kappa shape index (κ1) is 13.4. The van der Waals surface area contributed by atoms with Crippen LogP contribution in [0.3, 0.4) is 0 Å². The molecule has 1 atom stereocenters. The molecule has 0 aliphatic heterocycles. The summed E-state index contributed by atoms with van der Waals surface area (Å²) in [6.07, 6.45) is 1.02. The number of hydrogen-bond acceptors (Lipinski definition) is 3. The molecule has 0 spiro atoms. The number of nitrogens with zero attached hydrogens (tertiary/aromatic N) is 1. The predicted octanol–water partition coefficient (Wildman–Crippen LogP) is 1.99. The molecule has 1 aromatic carbocycles. The second kappa shape index (κ2) is 5.57. The molecule has 1 aromatic rings. The van der Waals surface area contributed by atoms with E-state index >= 15 is 0 Å². The zero-order valence-electron chi connectivity index (χ0n) is 10.7. The van der Waals surface area contributed by atoms with Crippen molar-refractivity contribution >= 4 is 17.3 Å². The Balaban J connectivity index is 3.21. The van der Waals surface area contributed by atoms with Crippen molar-refractivity contribution in [3.8, 4) is 0 Å². The van der Waals surface area contributed by atoms with E-state index in [0.29, 0.717) is 17.3 Å². The summed E-state index contributed by atoms with van der Waals surface area (Å²) in [6, 6.07) is 5.78. The van der Waals surface area contributed by atoms with E-state index in [4.69, 9.17) is 11.5 Å². The number of benzene rings is 1. The number of nitrogens with two attached hydrogens (primary N) is 2. The molecule has 0 fully saturated rings. The fraction of sp³-hybridized carbons (Fsp3) is 0.462. The molecule has 94 valence electrons. The van der Waals surface area contributed by atoms with Crippen molar-refractivity contribution in [3.63, 3.8) is 0 Å². The Hall–Kier alpha value is -1.71. The minimum absolute atomic E-state index is 0.380. The van der Waals surface area contributed by atoms with E-state index in [0.717, 1.165) is 18.7 Å². The molecule has 0 saturated carbocycles. The van der Waals surface area contributed by atoms with Crippen molar-refractivity contribution in [1.29, 1.82) is 0 Å². The lowest BCUT2D eigenvalue weighted by Gasteiger charge is -2.31. The largest absolute Gasteiger partial charge is 0.396 e. The fourth-order valence-corrected chi connectivity index (χ4v) is 1.96. The number of carbonyl (C=O) groups excluding carboxylic acids is 1. The Morgan fingerprint density at radius 2 is 2.06 bits per heavy atom. The van der Waals surface area contributed by atoms with Crippen LogP contribution in [0.15, 0.2) is 18.2 Å². The van der Waals surface area contributed by atoms with Gasteiger partial charge in [0.25, 0.3) is 5.91 Å². The number of para-hydroxylation sites is 1. The maximum atomic E-state index is 11.2. The first-order valence-electron chi connectivity index (χ1n) is 5.97. The Kier molecular flexibility index (Phi) is 4.37. The van der Waals surface area contributed by atoms with Gasteiger partial charge < -0.3 is 16.4 Å². The smallest absolute Gasteiger partial charge is 0.250 e. The van der Waals surface area contributed by atoms with Gasteiger partial charge in [0, 0.05) is 12.6 Å². The van der Waals surface area contributed by atoms with E-state index in [-0.39, 0.29) is 0 Å². The molecule has 0 saturated heterocycles. The molecule has 1 rings (SSSR count). The zero-order valence-corrected chi connectivity index (χ0v) is 10.7. The van der Waals surface area contributed by atoms with Gasteiger partial charge in [-0.25, -0.2) is 0 Å². The van der Waals surface area contributed by atoms with Crippen molar-refractivity contribution in [2.24, 2.45) is 5.73 Å². The Bertz CT molecular complexity index is 404. The first-order chi connectivity index (χ1) is 8.02. The highest BCUT2D eigenvalue weighted by molar-refractivity contribution is 6.00. The third-order valence-electron chi connectivity index (χ3n) is 3.12. The third kappa shape index (κ3) is 2.70. The summed E-state index contributed by atoms with van der Waals surface area (Å²) in [5, 5.41) is 0. The van der Waals surface area contributed by atoms with Gasteiger partial charge in [-0.15, -0.1) is 0 Å². The Morgan fingerprint density at radius 3 is 2.53 bits per heavy atom. The summed E-state index contributed by atoms with van der Waals surface area (Å²) in [5.74, 6) is -0.482. The van der Waals surface area contributed by atoms with Crippen molar-refractivity contribution in [2.75, 3.05) is 17.2 Å². The van der Waals surface area contributed by atoms with Gasteiger partial charge in [0.1, 0.15) is 0 Å². The van der Waals surface area contributed by atoms with Gasteiger partial charge in [0.2, 0.25) is 0 Å². The van der Waals surface area contributed by atoms with Crippen molar-refractivity contribution in [1.82, 2.24) is 0 Å². The van der Waals surface area contributed by atoms with Crippen LogP contribution >= 0.6 is 0 Å². The summed E-state index contributed by atoms with van der Waals surface area (Å²) in [7, 11) is 0. The molecule has 4 nitrogen and oxygen atoms in total. The van der Waals surface area contributed by atoms with Crippen LogP contribution in [0, 0.1) is 0 Å². The van der Waals surface area contributed by atoms with Crippen LogP contribution in [-0.2, 0) is 0 Å². The van der Waals surface area contributed by atoms with Crippen LogP contribution in [0.4, 0.5) is 11.4 Å². The van der Waals surface area contributed by atoms with Crippen LogP contribution in [-0.4, -0.2) is 18.5 Å². The topological polar surface area (TPSA) is 72.3 Å². The van der Waals surface area contributed by atoms with Gasteiger partial charge in [-0.05, 0) is 32.4 Å².